The minimum Gasteiger partial charge on any atom is -0.312 e. The number of rotatable bonds is 2. The van der Waals surface area contributed by atoms with E-state index in [1.807, 2.05) is 18.2 Å². The number of benzene rings is 1. The molecule has 1 atom stereocenters. The second kappa shape index (κ2) is 3.60. The summed E-state index contributed by atoms with van der Waals surface area (Å²) in [7, 11) is 0.535. The van der Waals surface area contributed by atoms with E-state index in [4.69, 9.17) is 5.50 Å². The molecular formula is C7H10NP. The second-order valence-electron chi connectivity index (χ2n) is 1.87. The third-order valence-corrected chi connectivity index (χ3v) is 1.76. The van der Waals surface area contributed by atoms with Crippen LogP contribution in [0.15, 0.2) is 30.3 Å². The summed E-state index contributed by atoms with van der Waals surface area (Å²) >= 11 is 0. The molecule has 1 nitrogen and oxygen atoms in total. The molecule has 0 amide bonds. The van der Waals surface area contributed by atoms with Gasteiger partial charge in [0.2, 0.25) is 0 Å². The Morgan fingerprint density at radius 1 is 1.22 bits per heavy atom. The average Bonchev–Trinajstić information content (AvgIpc) is 1.91. The largest absolute Gasteiger partial charge is 0.312 e. The first-order chi connectivity index (χ1) is 4.43. The van der Waals surface area contributed by atoms with Gasteiger partial charge in [-0.25, -0.2) is 0 Å². The van der Waals surface area contributed by atoms with Crippen molar-refractivity contribution < 1.29 is 0 Å². The van der Waals surface area contributed by atoms with E-state index in [-0.39, 0.29) is 0 Å². The standard InChI is InChI=1S/C7H10NP/c8-9-6-7-4-2-1-3-5-7/h1-5,9H,6,8H2. The topological polar surface area (TPSA) is 26.0 Å². The van der Waals surface area contributed by atoms with Gasteiger partial charge in [-0.15, -0.1) is 0 Å². The molecule has 0 saturated heterocycles. The molecule has 0 aliphatic carbocycles. The van der Waals surface area contributed by atoms with Gasteiger partial charge in [-0.3, -0.25) is 0 Å². The highest BCUT2D eigenvalue weighted by molar-refractivity contribution is 7.34. The summed E-state index contributed by atoms with van der Waals surface area (Å²) in [6, 6.07) is 10.3. The molecule has 0 bridgehead atoms. The van der Waals surface area contributed by atoms with Gasteiger partial charge < -0.3 is 5.50 Å². The first-order valence-electron chi connectivity index (χ1n) is 2.91. The maximum atomic E-state index is 5.39. The molecule has 0 radical (unpaired) electrons. The van der Waals surface area contributed by atoms with Crippen LogP contribution in [0.5, 0.6) is 0 Å². The van der Waals surface area contributed by atoms with Crippen LogP contribution >= 0.6 is 8.73 Å². The summed E-state index contributed by atoms with van der Waals surface area (Å²) in [4.78, 5) is 0. The monoisotopic (exact) mass is 139 g/mol. The first kappa shape index (κ1) is 6.73. The fourth-order valence-electron chi connectivity index (χ4n) is 0.714. The first-order valence-corrected chi connectivity index (χ1v) is 4.19. The number of hydrogen-bond acceptors (Lipinski definition) is 1. The Morgan fingerprint density at radius 2 is 1.89 bits per heavy atom. The van der Waals surface area contributed by atoms with E-state index in [1.54, 1.807) is 0 Å². The minimum atomic E-state index is 0.535. The van der Waals surface area contributed by atoms with Crippen LogP contribution in [0.25, 0.3) is 0 Å². The maximum absolute atomic E-state index is 5.39. The van der Waals surface area contributed by atoms with E-state index in [0.717, 1.165) is 6.16 Å². The normalized spacial score (nSPS) is 10.8. The molecule has 0 spiro atoms. The van der Waals surface area contributed by atoms with E-state index >= 15 is 0 Å². The van der Waals surface area contributed by atoms with Crippen LogP contribution < -0.4 is 5.50 Å². The van der Waals surface area contributed by atoms with E-state index in [2.05, 4.69) is 12.1 Å². The predicted molar refractivity (Wildman–Crippen MR) is 42.6 cm³/mol. The van der Waals surface area contributed by atoms with Gasteiger partial charge in [-0.2, -0.15) is 0 Å². The molecule has 0 heterocycles. The fraction of sp³-hybridized carbons (Fsp3) is 0.143. The summed E-state index contributed by atoms with van der Waals surface area (Å²) in [6.45, 7) is 0. The van der Waals surface area contributed by atoms with E-state index in [0.29, 0.717) is 8.73 Å². The van der Waals surface area contributed by atoms with Crippen LogP contribution in [0.3, 0.4) is 0 Å². The lowest BCUT2D eigenvalue weighted by Crippen LogP contribution is -1.79. The highest BCUT2D eigenvalue weighted by Gasteiger charge is 1.84. The van der Waals surface area contributed by atoms with Crippen molar-refractivity contribution in [3.63, 3.8) is 0 Å². The summed E-state index contributed by atoms with van der Waals surface area (Å²) in [5, 5.41) is 0. The van der Waals surface area contributed by atoms with Crippen molar-refractivity contribution in [2.24, 2.45) is 5.50 Å². The lowest BCUT2D eigenvalue weighted by atomic mass is 10.2. The minimum absolute atomic E-state index is 0.535. The second-order valence-corrected chi connectivity index (χ2v) is 2.63. The quantitative estimate of drug-likeness (QED) is 0.620. The molecule has 48 valence electrons. The fourth-order valence-corrected chi connectivity index (χ4v) is 1.19. The third kappa shape index (κ3) is 2.13. The summed E-state index contributed by atoms with van der Waals surface area (Å²) in [5.41, 5.74) is 6.72. The van der Waals surface area contributed by atoms with Crippen LogP contribution in [0, 0.1) is 0 Å². The molecule has 0 aromatic heterocycles. The van der Waals surface area contributed by atoms with E-state index in [1.165, 1.54) is 5.56 Å². The molecule has 1 aromatic carbocycles. The van der Waals surface area contributed by atoms with Gasteiger partial charge in [0, 0.05) is 6.16 Å². The third-order valence-electron chi connectivity index (χ3n) is 1.15. The van der Waals surface area contributed by atoms with Gasteiger partial charge >= 0.3 is 0 Å². The molecule has 1 unspecified atom stereocenters. The summed E-state index contributed by atoms with van der Waals surface area (Å²) in [6.07, 6.45) is 1.01. The lowest BCUT2D eigenvalue weighted by molar-refractivity contribution is 1.40. The van der Waals surface area contributed by atoms with Crippen LogP contribution in [0.4, 0.5) is 0 Å². The maximum Gasteiger partial charge on any atom is 0.00281 e. The molecular weight excluding hydrogens is 129 g/mol. The smallest absolute Gasteiger partial charge is 0.00281 e. The van der Waals surface area contributed by atoms with E-state index in [9.17, 15) is 0 Å². The van der Waals surface area contributed by atoms with Crippen LogP contribution in [-0.2, 0) is 6.16 Å². The zero-order valence-corrected chi connectivity index (χ0v) is 6.17. The van der Waals surface area contributed by atoms with Crippen molar-refractivity contribution in [3.05, 3.63) is 35.9 Å². The molecule has 1 rings (SSSR count). The van der Waals surface area contributed by atoms with Crippen molar-refractivity contribution in [3.8, 4) is 0 Å². The lowest BCUT2D eigenvalue weighted by Gasteiger charge is -1.93. The van der Waals surface area contributed by atoms with Gasteiger partial charge in [-0.05, 0) is 5.56 Å². The van der Waals surface area contributed by atoms with Gasteiger partial charge in [0.1, 0.15) is 0 Å². The van der Waals surface area contributed by atoms with Gasteiger partial charge in [0.05, 0.1) is 0 Å². The van der Waals surface area contributed by atoms with Crippen molar-refractivity contribution in [2.45, 2.75) is 6.16 Å². The van der Waals surface area contributed by atoms with Crippen LogP contribution in [-0.4, -0.2) is 0 Å². The Bertz CT molecular complexity index is 162. The zero-order chi connectivity index (χ0) is 6.53. The Kier molecular flexibility index (Phi) is 2.69. The van der Waals surface area contributed by atoms with Crippen LogP contribution in [0.2, 0.25) is 0 Å². The van der Waals surface area contributed by atoms with Crippen molar-refractivity contribution in [1.82, 2.24) is 0 Å². The number of hydrogen-bond donors (Lipinski definition) is 1. The molecule has 9 heavy (non-hydrogen) atoms. The molecule has 0 aliphatic heterocycles. The van der Waals surface area contributed by atoms with Gasteiger partial charge in [0.25, 0.3) is 0 Å². The summed E-state index contributed by atoms with van der Waals surface area (Å²) in [5.74, 6) is 0. The van der Waals surface area contributed by atoms with Crippen molar-refractivity contribution in [1.29, 1.82) is 0 Å². The highest BCUT2D eigenvalue weighted by Crippen LogP contribution is 2.09. The molecule has 0 fully saturated rings. The Morgan fingerprint density at radius 3 is 2.44 bits per heavy atom. The van der Waals surface area contributed by atoms with E-state index < -0.39 is 0 Å². The molecule has 2 heteroatoms. The average molecular weight is 139 g/mol. The highest BCUT2D eigenvalue weighted by atomic mass is 31.1. The molecule has 2 N–H and O–H groups in total. The predicted octanol–water partition coefficient (Wildman–Crippen LogP) is 1.74. The Balaban J connectivity index is 2.61. The number of nitrogens with two attached hydrogens (primary N) is 1. The van der Waals surface area contributed by atoms with Crippen LogP contribution in [0.1, 0.15) is 5.56 Å². The van der Waals surface area contributed by atoms with Crippen molar-refractivity contribution in [2.75, 3.05) is 0 Å². The molecule has 1 aromatic rings. The zero-order valence-electron chi connectivity index (χ0n) is 5.17. The van der Waals surface area contributed by atoms with Gasteiger partial charge in [0.15, 0.2) is 0 Å². The molecule has 0 saturated carbocycles. The molecule has 0 aliphatic rings. The SMILES string of the molecule is NPCc1ccccc1. The summed E-state index contributed by atoms with van der Waals surface area (Å²) < 4.78 is 0. The Labute approximate surface area is 57.1 Å². The van der Waals surface area contributed by atoms with Gasteiger partial charge in [-0.1, -0.05) is 39.1 Å². The Hall–Kier alpha value is -0.390. The van der Waals surface area contributed by atoms with Crippen molar-refractivity contribution >= 4 is 8.73 Å².